The Hall–Kier alpha value is -1.14. The normalized spacial score (nSPS) is 17.2. The third-order valence-electron chi connectivity index (χ3n) is 3.18. The number of pyridine rings is 1. The molecule has 0 saturated carbocycles. The summed E-state index contributed by atoms with van der Waals surface area (Å²) in [5, 5.41) is 7.70. The van der Waals surface area contributed by atoms with Gasteiger partial charge in [0.2, 0.25) is 5.95 Å². The fourth-order valence-electron chi connectivity index (χ4n) is 2.12. The molecule has 1 fully saturated rings. The molecule has 6 heteroatoms. The van der Waals surface area contributed by atoms with E-state index in [0.717, 1.165) is 42.7 Å². The standard InChI is InChI=1S/C12H15BrN4O/c13-10-1-2-11-15-12(16-17(11)8-10)14-7-9-3-5-18-6-4-9/h1-2,8-9H,3-7H2,(H,14,16). The van der Waals surface area contributed by atoms with E-state index < -0.39 is 0 Å². The molecule has 18 heavy (non-hydrogen) atoms. The quantitative estimate of drug-likeness (QED) is 0.945. The minimum absolute atomic E-state index is 0.664. The predicted molar refractivity (Wildman–Crippen MR) is 72.7 cm³/mol. The molecule has 1 aliphatic rings. The fraction of sp³-hybridized carbons (Fsp3) is 0.500. The molecule has 1 saturated heterocycles. The Kier molecular flexibility index (Phi) is 3.47. The van der Waals surface area contributed by atoms with Crippen LogP contribution < -0.4 is 5.32 Å². The second kappa shape index (κ2) is 5.24. The lowest BCUT2D eigenvalue weighted by Crippen LogP contribution is -2.22. The highest BCUT2D eigenvalue weighted by Gasteiger charge is 2.14. The van der Waals surface area contributed by atoms with Crippen molar-refractivity contribution in [3.05, 3.63) is 22.8 Å². The number of fused-ring (bicyclic) bond motifs is 1. The highest BCUT2D eigenvalue weighted by Crippen LogP contribution is 2.16. The van der Waals surface area contributed by atoms with Gasteiger partial charge in [0.05, 0.1) is 0 Å². The van der Waals surface area contributed by atoms with Crippen molar-refractivity contribution in [1.29, 1.82) is 0 Å². The predicted octanol–water partition coefficient (Wildman–Crippen LogP) is 2.33. The highest BCUT2D eigenvalue weighted by atomic mass is 79.9. The SMILES string of the molecule is Brc1ccc2nc(NCC3CCOCC3)nn2c1. The molecule has 0 bridgehead atoms. The molecule has 0 amide bonds. The summed E-state index contributed by atoms with van der Waals surface area (Å²) in [5.74, 6) is 1.36. The molecule has 0 aromatic carbocycles. The molecule has 1 N–H and O–H groups in total. The van der Waals surface area contributed by atoms with E-state index in [2.05, 4.69) is 31.3 Å². The zero-order valence-electron chi connectivity index (χ0n) is 9.97. The number of nitrogens with zero attached hydrogens (tertiary/aromatic N) is 3. The molecule has 1 aliphatic heterocycles. The van der Waals surface area contributed by atoms with Crippen LogP contribution >= 0.6 is 15.9 Å². The van der Waals surface area contributed by atoms with Crippen molar-refractivity contribution in [3.63, 3.8) is 0 Å². The summed E-state index contributed by atoms with van der Waals surface area (Å²) in [6.45, 7) is 2.66. The van der Waals surface area contributed by atoms with Crippen molar-refractivity contribution in [2.75, 3.05) is 25.1 Å². The van der Waals surface area contributed by atoms with Gasteiger partial charge in [-0.2, -0.15) is 4.98 Å². The lowest BCUT2D eigenvalue weighted by Gasteiger charge is -2.21. The smallest absolute Gasteiger partial charge is 0.243 e. The first-order chi connectivity index (χ1) is 8.81. The number of hydrogen-bond acceptors (Lipinski definition) is 4. The molecule has 3 rings (SSSR count). The van der Waals surface area contributed by atoms with Gasteiger partial charge in [-0.15, -0.1) is 5.10 Å². The molecular formula is C12H15BrN4O. The van der Waals surface area contributed by atoms with Crippen LogP contribution in [0.5, 0.6) is 0 Å². The summed E-state index contributed by atoms with van der Waals surface area (Å²) in [7, 11) is 0. The van der Waals surface area contributed by atoms with E-state index in [-0.39, 0.29) is 0 Å². The first-order valence-corrected chi connectivity index (χ1v) is 6.94. The highest BCUT2D eigenvalue weighted by molar-refractivity contribution is 9.10. The van der Waals surface area contributed by atoms with Crippen molar-refractivity contribution < 1.29 is 4.74 Å². The number of nitrogens with one attached hydrogen (secondary N) is 1. The number of ether oxygens (including phenoxy) is 1. The van der Waals surface area contributed by atoms with E-state index in [4.69, 9.17) is 4.74 Å². The van der Waals surface area contributed by atoms with Crippen molar-refractivity contribution >= 4 is 27.5 Å². The Labute approximate surface area is 114 Å². The van der Waals surface area contributed by atoms with E-state index >= 15 is 0 Å². The summed E-state index contributed by atoms with van der Waals surface area (Å²) in [6, 6.07) is 3.91. The molecule has 0 radical (unpaired) electrons. The lowest BCUT2D eigenvalue weighted by atomic mass is 10.0. The topological polar surface area (TPSA) is 51.5 Å². The molecular weight excluding hydrogens is 296 g/mol. The molecule has 0 unspecified atom stereocenters. The van der Waals surface area contributed by atoms with Crippen molar-refractivity contribution in [1.82, 2.24) is 14.6 Å². The third kappa shape index (κ3) is 2.64. The average Bonchev–Trinajstić information content (AvgIpc) is 2.79. The number of hydrogen-bond donors (Lipinski definition) is 1. The molecule has 3 heterocycles. The van der Waals surface area contributed by atoms with Gasteiger partial charge in [-0.05, 0) is 46.8 Å². The Balaban J connectivity index is 1.67. The Morgan fingerprint density at radius 3 is 3.06 bits per heavy atom. The molecule has 2 aromatic rings. The number of rotatable bonds is 3. The van der Waals surface area contributed by atoms with Gasteiger partial charge in [-0.1, -0.05) is 0 Å². The van der Waals surface area contributed by atoms with Crippen LogP contribution in [-0.4, -0.2) is 34.4 Å². The number of halogens is 1. The van der Waals surface area contributed by atoms with Gasteiger partial charge in [-0.3, -0.25) is 0 Å². The summed E-state index contributed by atoms with van der Waals surface area (Å²) in [5.41, 5.74) is 0.854. The van der Waals surface area contributed by atoms with Crippen LogP contribution in [-0.2, 0) is 4.74 Å². The second-order valence-corrected chi connectivity index (χ2v) is 5.44. The third-order valence-corrected chi connectivity index (χ3v) is 3.65. The van der Waals surface area contributed by atoms with Gasteiger partial charge in [0.15, 0.2) is 5.65 Å². The summed E-state index contributed by atoms with van der Waals surface area (Å²) in [6.07, 6.45) is 4.14. The summed E-state index contributed by atoms with van der Waals surface area (Å²) in [4.78, 5) is 4.43. The molecule has 0 spiro atoms. The second-order valence-electron chi connectivity index (χ2n) is 4.52. The molecule has 2 aromatic heterocycles. The number of aromatic nitrogens is 3. The van der Waals surface area contributed by atoms with Crippen LogP contribution in [0.1, 0.15) is 12.8 Å². The van der Waals surface area contributed by atoms with Gasteiger partial charge in [0.25, 0.3) is 0 Å². The van der Waals surface area contributed by atoms with Gasteiger partial charge in [-0.25, -0.2) is 4.52 Å². The average molecular weight is 311 g/mol. The lowest BCUT2D eigenvalue weighted by molar-refractivity contribution is 0.0699. The van der Waals surface area contributed by atoms with Gasteiger partial charge < -0.3 is 10.1 Å². The van der Waals surface area contributed by atoms with Gasteiger partial charge in [0.1, 0.15) is 0 Å². The minimum atomic E-state index is 0.664. The summed E-state index contributed by atoms with van der Waals surface area (Å²) >= 11 is 3.42. The Morgan fingerprint density at radius 1 is 1.39 bits per heavy atom. The van der Waals surface area contributed by atoms with Crippen LogP contribution in [0.3, 0.4) is 0 Å². The molecule has 0 atom stereocenters. The maximum absolute atomic E-state index is 5.34. The maximum Gasteiger partial charge on any atom is 0.243 e. The zero-order valence-corrected chi connectivity index (χ0v) is 11.6. The largest absolute Gasteiger partial charge is 0.381 e. The molecule has 0 aliphatic carbocycles. The number of anilines is 1. The fourth-order valence-corrected chi connectivity index (χ4v) is 2.45. The van der Waals surface area contributed by atoms with Crippen molar-refractivity contribution in [2.24, 2.45) is 5.92 Å². The maximum atomic E-state index is 5.34. The van der Waals surface area contributed by atoms with Crippen molar-refractivity contribution in [2.45, 2.75) is 12.8 Å². The van der Waals surface area contributed by atoms with Crippen LogP contribution in [0.4, 0.5) is 5.95 Å². The van der Waals surface area contributed by atoms with E-state index in [1.54, 1.807) is 4.52 Å². The first kappa shape index (κ1) is 11.9. The van der Waals surface area contributed by atoms with E-state index in [9.17, 15) is 0 Å². The van der Waals surface area contributed by atoms with Gasteiger partial charge in [0, 0.05) is 30.4 Å². The van der Waals surface area contributed by atoms with Crippen LogP contribution in [0.25, 0.3) is 5.65 Å². The zero-order chi connectivity index (χ0) is 12.4. The van der Waals surface area contributed by atoms with E-state index in [0.29, 0.717) is 11.9 Å². The molecule has 5 nitrogen and oxygen atoms in total. The van der Waals surface area contributed by atoms with E-state index in [1.165, 1.54) is 0 Å². The van der Waals surface area contributed by atoms with Crippen LogP contribution in [0, 0.1) is 5.92 Å². The molecule has 96 valence electrons. The monoisotopic (exact) mass is 310 g/mol. The first-order valence-electron chi connectivity index (χ1n) is 6.15. The minimum Gasteiger partial charge on any atom is -0.381 e. The van der Waals surface area contributed by atoms with Crippen molar-refractivity contribution in [3.8, 4) is 0 Å². The summed E-state index contributed by atoms with van der Waals surface area (Å²) < 4.78 is 8.11. The van der Waals surface area contributed by atoms with E-state index in [1.807, 2.05) is 18.3 Å². The van der Waals surface area contributed by atoms with Crippen LogP contribution in [0.2, 0.25) is 0 Å². The Morgan fingerprint density at radius 2 is 2.22 bits per heavy atom. The van der Waals surface area contributed by atoms with Crippen LogP contribution in [0.15, 0.2) is 22.8 Å². The Bertz CT molecular complexity index is 536. The van der Waals surface area contributed by atoms with Gasteiger partial charge >= 0.3 is 0 Å².